The molecule has 3 aromatic carbocycles. The van der Waals surface area contributed by atoms with Crippen molar-refractivity contribution < 1.29 is 13.2 Å². The number of benzene rings is 3. The van der Waals surface area contributed by atoms with Gasteiger partial charge in [0, 0.05) is 10.0 Å². The SMILES string of the molecule is O=C(CN(c1ccccc1)S(=O)(=O)c1ccc(Cl)cc1)Nc1cc(Cl)ccc1Cl. The van der Waals surface area contributed by atoms with Gasteiger partial charge in [0.05, 0.1) is 21.3 Å². The normalized spacial score (nSPS) is 11.1. The van der Waals surface area contributed by atoms with E-state index in [1.54, 1.807) is 42.5 Å². The van der Waals surface area contributed by atoms with Crippen LogP contribution in [-0.2, 0) is 14.8 Å². The van der Waals surface area contributed by atoms with Crippen LogP contribution in [0.3, 0.4) is 0 Å². The highest BCUT2D eigenvalue weighted by molar-refractivity contribution is 7.92. The summed E-state index contributed by atoms with van der Waals surface area (Å²) in [5.74, 6) is -0.574. The second kappa shape index (κ2) is 9.05. The van der Waals surface area contributed by atoms with Crippen molar-refractivity contribution in [2.24, 2.45) is 0 Å². The summed E-state index contributed by atoms with van der Waals surface area (Å²) in [6.07, 6.45) is 0. The lowest BCUT2D eigenvalue weighted by atomic mass is 10.3. The summed E-state index contributed by atoms with van der Waals surface area (Å²) >= 11 is 17.9. The number of nitrogens with zero attached hydrogens (tertiary/aromatic N) is 1. The zero-order chi connectivity index (χ0) is 21.0. The lowest BCUT2D eigenvalue weighted by molar-refractivity contribution is -0.114. The molecule has 0 bridgehead atoms. The van der Waals surface area contributed by atoms with Gasteiger partial charge in [0.15, 0.2) is 0 Å². The van der Waals surface area contributed by atoms with Gasteiger partial charge in [0.1, 0.15) is 6.54 Å². The molecule has 0 saturated heterocycles. The van der Waals surface area contributed by atoms with E-state index < -0.39 is 22.5 Å². The summed E-state index contributed by atoms with van der Waals surface area (Å²) in [4.78, 5) is 12.7. The third-order valence-corrected chi connectivity index (χ3v) is 6.54. The Hall–Kier alpha value is -2.25. The summed E-state index contributed by atoms with van der Waals surface area (Å²) in [5.41, 5.74) is 0.635. The Morgan fingerprint density at radius 1 is 0.862 bits per heavy atom. The molecule has 0 unspecified atom stereocenters. The van der Waals surface area contributed by atoms with Crippen molar-refractivity contribution in [2.45, 2.75) is 4.90 Å². The number of nitrogens with one attached hydrogen (secondary N) is 1. The van der Waals surface area contributed by atoms with Crippen LogP contribution in [0.4, 0.5) is 11.4 Å². The van der Waals surface area contributed by atoms with Gasteiger partial charge in [0.25, 0.3) is 10.0 Å². The van der Waals surface area contributed by atoms with Gasteiger partial charge in [-0.1, -0.05) is 53.0 Å². The molecule has 0 heterocycles. The van der Waals surface area contributed by atoms with Crippen molar-refractivity contribution >= 4 is 62.1 Å². The third kappa shape index (κ3) is 5.22. The number of halogens is 3. The molecule has 0 aliphatic rings. The fraction of sp³-hybridized carbons (Fsp3) is 0.0500. The molecule has 0 aliphatic heterocycles. The molecule has 1 N–H and O–H groups in total. The second-order valence-corrected chi connectivity index (χ2v) is 9.12. The summed E-state index contributed by atoms with van der Waals surface area (Å²) in [7, 11) is -4.02. The topological polar surface area (TPSA) is 66.5 Å². The van der Waals surface area contributed by atoms with Crippen LogP contribution >= 0.6 is 34.8 Å². The van der Waals surface area contributed by atoms with Crippen molar-refractivity contribution in [2.75, 3.05) is 16.2 Å². The number of hydrogen-bond donors (Lipinski definition) is 1. The van der Waals surface area contributed by atoms with E-state index in [2.05, 4.69) is 5.32 Å². The molecule has 0 radical (unpaired) electrons. The van der Waals surface area contributed by atoms with Gasteiger partial charge in [-0.2, -0.15) is 0 Å². The van der Waals surface area contributed by atoms with E-state index in [0.717, 1.165) is 4.31 Å². The first kappa shape index (κ1) is 21.5. The summed E-state index contributed by atoms with van der Waals surface area (Å²) < 4.78 is 27.4. The van der Waals surface area contributed by atoms with Crippen molar-refractivity contribution in [3.05, 3.63) is 87.9 Å². The highest BCUT2D eigenvalue weighted by atomic mass is 35.5. The molecule has 150 valence electrons. The van der Waals surface area contributed by atoms with Crippen molar-refractivity contribution in [3.8, 4) is 0 Å². The zero-order valence-electron chi connectivity index (χ0n) is 14.8. The Morgan fingerprint density at radius 2 is 1.48 bits per heavy atom. The Kier molecular flexibility index (Phi) is 6.70. The zero-order valence-corrected chi connectivity index (χ0v) is 17.9. The quantitative estimate of drug-likeness (QED) is 0.520. The standard InChI is InChI=1S/C20H15Cl3N2O3S/c21-14-6-9-17(10-7-14)29(27,28)25(16-4-2-1-3-5-16)13-20(26)24-19-12-15(22)8-11-18(19)23/h1-12H,13H2,(H,24,26). The Bertz CT molecular complexity index is 1120. The molecular formula is C20H15Cl3N2O3S. The molecule has 3 aromatic rings. The van der Waals surface area contributed by atoms with Gasteiger partial charge in [-0.05, 0) is 54.6 Å². The number of amides is 1. The van der Waals surface area contributed by atoms with Crippen LogP contribution in [0.5, 0.6) is 0 Å². The number of rotatable bonds is 6. The molecular weight excluding hydrogens is 455 g/mol. The highest BCUT2D eigenvalue weighted by Crippen LogP contribution is 2.27. The minimum atomic E-state index is -4.02. The maximum atomic E-state index is 13.2. The van der Waals surface area contributed by atoms with Crippen LogP contribution in [-0.4, -0.2) is 20.9 Å². The van der Waals surface area contributed by atoms with Crippen LogP contribution < -0.4 is 9.62 Å². The molecule has 0 spiro atoms. The summed E-state index contributed by atoms with van der Waals surface area (Å²) in [5, 5.41) is 3.68. The minimum absolute atomic E-state index is 0.0133. The Balaban J connectivity index is 1.93. The first-order valence-electron chi connectivity index (χ1n) is 8.35. The second-order valence-electron chi connectivity index (χ2n) is 5.97. The van der Waals surface area contributed by atoms with E-state index in [0.29, 0.717) is 21.4 Å². The van der Waals surface area contributed by atoms with Gasteiger partial charge in [-0.3, -0.25) is 9.10 Å². The largest absolute Gasteiger partial charge is 0.323 e. The van der Waals surface area contributed by atoms with Gasteiger partial charge < -0.3 is 5.32 Å². The minimum Gasteiger partial charge on any atom is -0.323 e. The average molecular weight is 470 g/mol. The lowest BCUT2D eigenvalue weighted by Crippen LogP contribution is -2.38. The van der Waals surface area contributed by atoms with Gasteiger partial charge in [0.2, 0.25) is 5.91 Å². The van der Waals surface area contributed by atoms with Crippen LogP contribution in [0.15, 0.2) is 77.7 Å². The summed E-state index contributed by atoms with van der Waals surface area (Å²) in [6, 6.07) is 18.7. The van der Waals surface area contributed by atoms with E-state index >= 15 is 0 Å². The third-order valence-electron chi connectivity index (χ3n) is 3.94. The Morgan fingerprint density at radius 3 is 2.14 bits per heavy atom. The molecule has 0 saturated carbocycles. The monoisotopic (exact) mass is 468 g/mol. The first-order chi connectivity index (χ1) is 13.8. The van der Waals surface area contributed by atoms with Crippen molar-refractivity contribution in [1.29, 1.82) is 0 Å². The van der Waals surface area contributed by atoms with Crippen LogP contribution in [0.25, 0.3) is 0 Å². The molecule has 3 rings (SSSR count). The highest BCUT2D eigenvalue weighted by Gasteiger charge is 2.27. The maximum Gasteiger partial charge on any atom is 0.264 e. The molecule has 29 heavy (non-hydrogen) atoms. The molecule has 9 heteroatoms. The van der Waals surface area contributed by atoms with Gasteiger partial charge >= 0.3 is 0 Å². The average Bonchev–Trinajstić information content (AvgIpc) is 2.70. The number of carbonyl (C=O) groups excluding carboxylic acids is 1. The molecule has 5 nitrogen and oxygen atoms in total. The van der Waals surface area contributed by atoms with Crippen LogP contribution in [0, 0.1) is 0 Å². The number of para-hydroxylation sites is 1. The molecule has 0 aromatic heterocycles. The Labute approximate surface area is 183 Å². The molecule has 0 fully saturated rings. The molecule has 0 aliphatic carbocycles. The fourth-order valence-corrected chi connectivity index (χ4v) is 4.44. The van der Waals surface area contributed by atoms with Crippen LogP contribution in [0.2, 0.25) is 15.1 Å². The van der Waals surface area contributed by atoms with Gasteiger partial charge in [-0.25, -0.2) is 8.42 Å². The number of carbonyl (C=O) groups is 1. The predicted molar refractivity (Wildman–Crippen MR) is 118 cm³/mol. The molecule has 0 atom stereocenters. The van der Waals surface area contributed by atoms with E-state index in [-0.39, 0.29) is 9.92 Å². The fourth-order valence-electron chi connectivity index (χ4n) is 2.56. The van der Waals surface area contributed by atoms with Gasteiger partial charge in [-0.15, -0.1) is 0 Å². The maximum absolute atomic E-state index is 13.2. The molecule has 1 amide bonds. The van der Waals surface area contributed by atoms with Crippen LogP contribution in [0.1, 0.15) is 0 Å². The summed E-state index contributed by atoms with van der Waals surface area (Å²) in [6.45, 7) is -0.461. The number of sulfonamides is 1. The van der Waals surface area contributed by atoms with E-state index in [1.807, 2.05) is 0 Å². The van der Waals surface area contributed by atoms with E-state index in [9.17, 15) is 13.2 Å². The van der Waals surface area contributed by atoms with E-state index in [4.69, 9.17) is 34.8 Å². The van der Waals surface area contributed by atoms with Crippen molar-refractivity contribution in [1.82, 2.24) is 0 Å². The van der Waals surface area contributed by atoms with Crippen molar-refractivity contribution in [3.63, 3.8) is 0 Å². The smallest absolute Gasteiger partial charge is 0.264 e. The number of anilines is 2. The first-order valence-corrected chi connectivity index (χ1v) is 10.9. The number of hydrogen-bond acceptors (Lipinski definition) is 3. The van der Waals surface area contributed by atoms with E-state index in [1.165, 1.54) is 30.3 Å². The predicted octanol–water partition coefficient (Wildman–Crippen LogP) is 5.48. The lowest BCUT2D eigenvalue weighted by Gasteiger charge is -2.24.